The van der Waals surface area contributed by atoms with Crippen molar-refractivity contribution in [3.8, 4) is 5.75 Å². The van der Waals surface area contributed by atoms with Gasteiger partial charge in [-0.1, -0.05) is 31.9 Å². The van der Waals surface area contributed by atoms with Gasteiger partial charge in [-0.25, -0.2) is 9.59 Å². The zero-order valence-corrected chi connectivity index (χ0v) is 17.9. The van der Waals surface area contributed by atoms with Gasteiger partial charge in [-0.3, -0.25) is 19.1 Å². The maximum Gasteiger partial charge on any atom is 0.342 e. The number of unbranched alkanes of at least 4 members (excludes halogenated alkanes) is 1. The molecule has 1 amide bonds. The molecule has 0 aliphatic carbocycles. The van der Waals surface area contributed by atoms with E-state index in [-0.39, 0.29) is 35.9 Å². The Hall–Kier alpha value is -3.56. The van der Waals surface area contributed by atoms with E-state index in [0.717, 1.165) is 16.9 Å². The number of anilines is 2. The Morgan fingerprint density at radius 3 is 2.58 bits per heavy atom. The monoisotopic (exact) mass is 432 g/mol. The molecule has 10 nitrogen and oxygen atoms in total. The number of benzene rings is 1. The van der Waals surface area contributed by atoms with Crippen molar-refractivity contribution in [1.29, 1.82) is 0 Å². The van der Waals surface area contributed by atoms with Gasteiger partial charge in [0.05, 0.1) is 0 Å². The number of phenolic OH excluding ortho intramolecular Hbond substituents is 1. The van der Waals surface area contributed by atoms with Gasteiger partial charge in [0.15, 0.2) is 12.3 Å². The molecule has 0 unspecified atom stereocenters. The van der Waals surface area contributed by atoms with Crippen molar-refractivity contribution in [2.45, 2.75) is 46.6 Å². The van der Waals surface area contributed by atoms with Gasteiger partial charge in [0.1, 0.15) is 17.1 Å². The summed E-state index contributed by atoms with van der Waals surface area (Å²) in [6.45, 7) is 5.26. The number of hydrogen-bond acceptors (Lipinski definition) is 7. The third kappa shape index (κ3) is 5.53. The minimum absolute atomic E-state index is 0.0678. The Morgan fingerprint density at radius 2 is 1.94 bits per heavy atom. The zero-order valence-electron chi connectivity index (χ0n) is 17.9. The van der Waals surface area contributed by atoms with Crippen LogP contribution in [-0.4, -0.2) is 39.7 Å². The van der Waals surface area contributed by atoms with Crippen molar-refractivity contribution in [2.75, 3.05) is 23.8 Å². The van der Waals surface area contributed by atoms with E-state index in [1.54, 1.807) is 13.0 Å². The van der Waals surface area contributed by atoms with Crippen LogP contribution < -0.4 is 21.9 Å². The maximum absolute atomic E-state index is 12.9. The van der Waals surface area contributed by atoms with Gasteiger partial charge in [-0.15, -0.1) is 0 Å². The number of aromatic nitrogens is 2. The highest BCUT2D eigenvalue weighted by Gasteiger charge is 2.25. The molecule has 0 atom stereocenters. The van der Waals surface area contributed by atoms with Crippen molar-refractivity contribution in [3.63, 3.8) is 0 Å². The van der Waals surface area contributed by atoms with Crippen LogP contribution in [0.2, 0.25) is 0 Å². The highest BCUT2D eigenvalue weighted by molar-refractivity contribution is 5.99. The number of aromatic amines is 1. The standard InChI is InChI=1S/C21H28N4O6/c1-4-6-10-24(17-18(22)25(9-5-2)21(30)23-19(17)28)16(27)12-31-20(29)14-11-13(3)7-8-15(14)26/h7-8,11,26H,4-6,9-10,12,22H2,1-3H3,(H,23,28,30). The summed E-state index contributed by atoms with van der Waals surface area (Å²) in [6.07, 6.45) is 1.88. The highest BCUT2D eigenvalue weighted by atomic mass is 16.5. The molecule has 0 aliphatic heterocycles. The number of aromatic hydroxyl groups is 1. The van der Waals surface area contributed by atoms with Crippen LogP contribution in [0.15, 0.2) is 27.8 Å². The van der Waals surface area contributed by atoms with E-state index in [9.17, 15) is 24.3 Å². The quantitative estimate of drug-likeness (QED) is 0.509. The largest absolute Gasteiger partial charge is 0.507 e. The first-order valence-electron chi connectivity index (χ1n) is 10.1. The third-order valence-electron chi connectivity index (χ3n) is 4.67. The lowest BCUT2D eigenvalue weighted by atomic mass is 10.1. The van der Waals surface area contributed by atoms with E-state index in [4.69, 9.17) is 10.5 Å². The molecule has 31 heavy (non-hydrogen) atoms. The van der Waals surface area contributed by atoms with Gasteiger partial charge in [0.2, 0.25) is 0 Å². The molecule has 0 radical (unpaired) electrons. The summed E-state index contributed by atoms with van der Waals surface area (Å²) >= 11 is 0. The number of phenols is 1. The number of aryl methyl sites for hydroxylation is 1. The number of H-pyrrole nitrogens is 1. The van der Waals surface area contributed by atoms with Gasteiger partial charge in [-0.05, 0) is 31.9 Å². The zero-order chi connectivity index (χ0) is 23.1. The first-order chi connectivity index (χ1) is 14.7. The van der Waals surface area contributed by atoms with Crippen LogP contribution in [0.1, 0.15) is 49.0 Å². The summed E-state index contributed by atoms with van der Waals surface area (Å²) in [7, 11) is 0. The number of esters is 1. The average molecular weight is 432 g/mol. The molecule has 0 fully saturated rings. The summed E-state index contributed by atoms with van der Waals surface area (Å²) in [5, 5.41) is 9.86. The molecule has 10 heteroatoms. The molecule has 168 valence electrons. The fourth-order valence-corrected chi connectivity index (χ4v) is 3.06. The molecule has 4 N–H and O–H groups in total. The first kappa shape index (κ1) is 23.7. The first-order valence-corrected chi connectivity index (χ1v) is 10.1. The minimum Gasteiger partial charge on any atom is -0.507 e. The van der Waals surface area contributed by atoms with Crippen LogP contribution in [0.25, 0.3) is 0 Å². The Morgan fingerprint density at radius 1 is 1.23 bits per heavy atom. The molecule has 0 saturated carbocycles. The van der Waals surface area contributed by atoms with Crippen LogP contribution in [0, 0.1) is 6.92 Å². The highest BCUT2D eigenvalue weighted by Crippen LogP contribution is 2.20. The molecular weight excluding hydrogens is 404 g/mol. The SMILES string of the molecule is CCCCN(C(=O)COC(=O)c1cc(C)ccc1O)c1c(N)n(CCC)c(=O)[nH]c1=O. The van der Waals surface area contributed by atoms with Crippen molar-refractivity contribution < 1.29 is 19.4 Å². The van der Waals surface area contributed by atoms with Crippen LogP contribution in [0.5, 0.6) is 5.75 Å². The fourth-order valence-electron chi connectivity index (χ4n) is 3.06. The maximum atomic E-state index is 12.9. The topological polar surface area (TPSA) is 148 Å². The van der Waals surface area contributed by atoms with Crippen molar-refractivity contribution in [1.82, 2.24) is 9.55 Å². The molecule has 1 aromatic heterocycles. The number of nitrogens with one attached hydrogen (secondary N) is 1. The number of nitrogens with zero attached hydrogens (tertiary/aromatic N) is 2. The number of nitrogen functional groups attached to an aromatic ring is 1. The van der Waals surface area contributed by atoms with E-state index in [0.29, 0.717) is 12.8 Å². The molecule has 1 heterocycles. The van der Waals surface area contributed by atoms with E-state index in [1.165, 1.54) is 16.7 Å². The Kier molecular flexibility index (Phi) is 8.00. The number of carbonyl (C=O) groups excluding carboxylic acids is 2. The number of nitrogens with two attached hydrogens (primary N) is 1. The number of ether oxygens (including phenoxy) is 1. The minimum atomic E-state index is -0.872. The molecule has 0 spiro atoms. The van der Waals surface area contributed by atoms with Crippen molar-refractivity contribution in [2.24, 2.45) is 0 Å². The second kappa shape index (κ2) is 10.5. The Bertz CT molecular complexity index is 1070. The van der Waals surface area contributed by atoms with E-state index < -0.39 is 29.7 Å². The summed E-state index contributed by atoms with van der Waals surface area (Å²) in [5.74, 6) is -1.93. The van der Waals surface area contributed by atoms with Crippen LogP contribution in [0.3, 0.4) is 0 Å². The number of amides is 1. The molecule has 0 bridgehead atoms. The van der Waals surface area contributed by atoms with Gasteiger partial charge in [-0.2, -0.15) is 0 Å². The molecule has 2 aromatic rings. The number of rotatable bonds is 9. The van der Waals surface area contributed by atoms with Crippen molar-refractivity contribution in [3.05, 3.63) is 50.2 Å². The van der Waals surface area contributed by atoms with Gasteiger partial charge < -0.3 is 20.5 Å². The average Bonchev–Trinajstić information content (AvgIpc) is 2.73. The number of hydrogen-bond donors (Lipinski definition) is 3. The van der Waals surface area contributed by atoms with E-state index in [1.807, 2.05) is 13.8 Å². The fraction of sp³-hybridized carbons (Fsp3) is 0.429. The predicted molar refractivity (Wildman–Crippen MR) is 116 cm³/mol. The van der Waals surface area contributed by atoms with Crippen LogP contribution in [0.4, 0.5) is 11.5 Å². The lowest BCUT2D eigenvalue weighted by Gasteiger charge is -2.24. The second-order valence-corrected chi connectivity index (χ2v) is 7.14. The Balaban J connectivity index is 2.32. The molecule has 0 saturated heterocycles. The molecule has 0 aliphatic rings. The van der Waals surface area contributed by atoms with Crippen LogP contribution >= 0.6 is 0 Å². The lowest BCUT2D eigenvalue weighted by molar-refractivity contribution is -0.121. The summed E-state index contributed by atoms with van der Waals surface area (Å²) in [5.41, 5.74) is 5.14. The van der Waals surface area contributed by atoms with Crippen molar-refractivity contribution >= 4 is 23.4 Å². The smallest absolute Gasteiger partial charge is 0.342 e. The van der Waals surface area contributed by atoms with E-state index >= 15 is 0 Å². The second-order valence-electron chi connectivity index (χ2n) is 7.14. The molecular formula is C21H28N4O6. The summed E-state index contributed by atoms with van der Waals surface area (Å²) in [4.78, 5) is 53.1. The molecule has 1 aromatic carbocycles. The van der Waals surface area contributed by atoms with E-state index in [2.05, 4.69) is 4.98 Å². The summed E-state index contributed by atoms with van der Waals surface area (Å²) in [6, 6.07) is 4.43. The third-order valence-corrected chi connectivity index (χ3v) is 4.67. The number of carbonyl (C=O) groups is 2. The van der Waals surface area contributed by atoms with Gasteiger partial charge in [0, 0.05) is 13.1 Å². The normalized spacial score (nSPS) is 10.7. The van der Waals surface area contributed by atoms with Gasteiger partial charge in [0.25, 0.3) is 11.5 Å². The summed E-state index contributed by atoms with van der Waals surface area (Å²) < 4.78 is 6.27. The molecule has 2 rings (SSSR count). The van der Waals surface area contributed by atoms with Crippen LogP contribution in [-0.2, 0) is 16.1 Å². The predicted octanol–water partition coefficient (Wildman–Crippen LogP) is 1.53. The van der Waals surface area contributed by atoms with Gasteiger partial charge >= 0.3 is 11.7 Å². The lowest BCUT2D eigenvalue weighted by Crippen LogP contribution is -2.43. The Labute approximate surface area is 179 Å².